The first kappa shape index (κ1) is 24.9. The number of rotatable bonds is 6. The maximum Gasteiger partial charge on any atom is 0.343 e. The van der Waals surface area contributed by atoms with Gasteiger partial charge in [0.05, 0.1) is 11.5 Å². The van der Waals surface area contributed by atoms with Crippen LogP contribution in [0.4, 0.5) is 4.39 Å². The Kier molecular flexibility index (Phi) is 6.98. The third-order valence-electron chi connectivity index (χ3n) is 5.99. The number of benzene rings is 4. The molecule has 5 rings (SSSR count). The van der Waals surface area contributed by atoms with E-state index in [-0.39, 0.29) is 29.6 Å². The number of nitriles is 1. The summed E-state index contributed by atoms with van der Waals surface area (Å²) in [4.78, 5) is 12.5. The first-order valence-corrected chi connectivity index (χ1v) is 12.0. The van der Waals surface area contributed by atoms with Crippen LogP contribution in [0.1, 0.15) is 33.0 Å². The van der Waals surface area contributed by atoms with Crippen molar-refractivity contribution in [1.29, 1.82) is 5.26 Å². The summed E-state index contributed by atoms with van der Waals surface area (Å²) in [5.74, 6) is -0.152. The first-order chi connectivity index (χ1) is 18.4. The monoisotopic (exact) mass is 526 g/mol. The number of allylic oxidation sites excluding steroid dienone is 1. The number of carbonyl (C=O) groups excluding carboxylic acids is 1. The molecule has 1 unspecified atom stereocenters. The van der Waals surface area contributed by atoms with Gasteiger partial charge in [-0.15, -0.1) is 0 Å². The third kappa shape index (κ3) is 5.31. The fraction of sp³-hybridized carbons (Fsp3) is 0.0667. The summed E-state index contributed by atoms with van der Waals surface area (Å²) in [5, 5.41) is 10.2. The molecule has 8 heteroatoms. The molecule has 0 amide bonds. The van der Waals surface area contributed by atoms with Gasteiger partial charge in [-0.1, -0.05) is 48.0 Å². The highest BCUT2D eigenvalue weighted by molar-refractivity contribution is 6.30. The van der Waals surface area contributed by atoms with Gasteiger partial charge in [0.2, 0.25) is 5.88 Å². The minimum absolute atomic E-state index is 0.0278. The van der Waals surface area contributed by atoms with Gasteiger partial charge in [-0.2, -0.15) is 5.26 Å². The summed E-state index contributed by atoms with van der Waals surface area (Å²) in [5.41, 5.74) is 9.00. The Balaban J connectivity index is 1.37. The number of halogens is 2. The van der Waals surface area contributed by atoms with Crippen molar-refractivity contribution < 1.29 is 23.4 Å². The van der Waals surface area contributed by atoms with Crippen LogP contribution in [-0.2, 0) is 6.61 Å². The molecule has 1 heterocycles. The lowest BCUT2D eigenvalue weighted by molar-refractivity contribution is 0.0734. The zero-order chi connectivity index (χ0) is 26.6. The Morgan fingerprint density at radius 1 is 1.00 bits per heavy atom. The number of ether oxygens (including phenoxy) is 3. The van der Waals surface area contributed by atoms with Crippen LogP contribution in [0.5, 0.6) is 17.2 Å². The summed E-state index contributed by atoms with van der Waals surface area (Å²) in [6.45, 7) is 0.284. The molecule has 0 aromatic heterocycles. The molecule has 0 fully saturated rings. The van der Waals surface area contributed by atoms with E-state index >= 15 is 0 Å². The van der Waals surface area contributed by atoms with E-state index in [1.54, 1.807) is 60.7 Å². The summed E-state index contributed by atoms with van der Waals surface area (Å²) >= 11 is 5.97. The number of carbonyl (C=O) groups is 1. The molecule has 0 saturated heterocycles. The summed E-state index contributed by atoms with van der Waals surface area (Å²) in [6.07, 6.45) is 0. The lowest BCUT2D eigenvalue weighted by Gasteiger charge is -2.26. The van der Waals surface area contributed by atoms with Gasteiger partial charge in [0.25, 0.3) is 0 Å². The highest BCUT2D eigenvalue weighted by atomic mass is 35.5. The molecule has 6 nitrogen and oxygen atoms in total. The highest BCUT2D eigenvalue weighted by Gasteiger charge is 2.31. The fourth-order valence-corrected chi connectivity index (χ4v) is 4.32. The summed E-state index contributed by atoms with van der Waals surface area (Å²) < 4.78 is 30.1. The second-order valence-corrected chi connectivity index (χ2v) is 8.94. The van der Waals surface area contributed by atoms with E-state index in [0.29, 0.717) is 27.6 Å². The fourth-order valence-electron chi connectivity index (χ4n) is 4.13. The standard InChI is InChI=1S/C30H20ClFN2O4/c31-21-3-1-2-20(14-21)30(35)37-24-12-13-25-27(15-24)38-29(34)26(16-33)28(25)19-6-10-23(11-7-19)36-17-18-4-8-22(32)9-5-18/h1-15,28H,17,34H2. The molecule has 0 saturated carbocycles. The number of nitrogens with two attached hydrogens (primary N) is 1. The molecular formula is C30H20ClFN2O4. The zero-order valence-corrected chi connectivity index (χ0v) is 20.6. The lowest BCUT2D eigenvalue weighted by atomic mass is 9.83. The second kappa shape index (κ2) is 10.7. The first-order valence-electron chi connectivity index (χ1n) is 11.6. The Labute approximate surface area is 223 Å². The van der Waals surface area contributed by atoms with Crippen molar-refractivity contribution in [2.24, 2.45) is 5.73 Å². The van der Waals surface area contributed by atoms with Crippen LogP contribution in [0.2, 0.25) is 5.02 Å². The molecule has 38 heavy (non-hydrogen) atoms. The van der Waals surface area contributed by atoms with Crippen LogP contribution in [-0.4, -0.2) is 5.97 Å². The van der Waals surface area contributed by atoms with Crippen molar-refractivity contribution >= 4 is 17.6 Å². The largest absolute Gasteiger partial charge is 0.489 e. The predicted octanol–water partition coefficient (Wildman–Crippen LogP) is 6.50. The van der Waals surface area contributed by atoms with Crippen LogP contribution in [0.15, 0.2) is 102 Å². The second-order valence-electron chi connectivity index (χ2n) is 8.51. The van der Waals surface area contributed by atoms with Gasteiger partial charge in [-0.05, 0) is 59.7 Å². The minimum Gasteiger partial charge on any atom is -0.489 e. The van der Waals surface area contributed by atoms with Crippen LogP contribution in [0, 0.1) is 17.1 Å². The molecular weight excluding hydrogens is 507 g/mol. The van der Waals surface area contributed by atoms with E-state index in [9.17, 15) is 14.4 Å². The average molecular weight is 527 g/mol. The maximum atomic E-state index is 13.1. The molecule has 0 spiro atoms. The van der Waals surface area contributed by atoms with Crippen molar-refractivity contribution in [2.75, 3.05) is 0 Å². The number of hydrogen-bond acceptors (Lipinski definition) is 6. The summed E-state index contributed by atoms with van der Waals surface area (Å²) in [6, 6.07) is 26.9. The van der Waals surface area contributed by atoms with Crippen LogP contribution < -0.4 is 19.9 Å². The van der Waals surface area contributed by atoms with Gasteiger partial charge in [-0.25, -0.2) is 9.18 Å². The Hall–Kier alpha value is -4.80. The number of esters is 1. The molecule has 2 N–H and O–H groups in total. The van der Waals surface area contributed by atoms with Gasteiger partial charge in [-0.3, -0.25) is 0 Å². The maximum absolute atomic E-state index is 13.1. The minimum atomic E-state index is -0.572. The van der Waals surface area contributed by atoms with E-state index in [0.717, 1.165) is 11.1 Å². The number of fused-ring (bicyclic) bond motifs is 1. The van der Waals surface area contributed by atoms with Crippen molar-refractivity contribution in [1.82, 2.24) is 0 Å². The van der Waals surface area contributed by atoms with Crippen molar-refractivity contribution in [3.63, 3.8) is 0 Å². The normalized spacial score (nSPS) is 14.2. The van der Waals surface area contributed by atoms with E-state index in [1.807, 2.05) is 12.1 Å². The van der Waals surface area contributed by atoms with E-state index in [2.05, 4.69) is 6.07 Å². The summed E-state index contributed by atoms with van der Waals surface area (Å²) in [7, 11) is 0. The van der Waals surface area contributed by atoms with Gasteiger partial charge in [0, 0.05) is 16.7 Å². The smallest absolute Gasteiger partial charge is 0.343 e. The number of hydrogen-bond donors (Lipinski definition) is 1. The van der Waals surface area contributed by atoms with Crippen LogP contribution >= 0.6 is 11.6 Å². The molecule has 0 aliphatic carbocycles. The molecule has 1 aliphatic rings. The van der Waals surface area contributed by atoms with E-state index in [4.69, 9.17) is 31.5 Å². The lowest BCUT2D eigenvalue weighted by Crippen LogP contribution is -2.21. The van der Waals surface area contributed by atoms with Gasteiger partial charge >= 0.3 is 5.97 Å². The quantitative estimate of drug-likeness (QED) is 0.228. The highest BCUT2D eigenvalue weighted by Crippen LogP contribution is 2.43. The third-order valence-corrected chi connectivity index (χ3v) is 6.23. The van der Waals surface area contributed by atoms with Crippen molar-refractivity contribution in [3.05, 3.63) is 136 Å². The van der Waals surface area contributed by atoms with Crippen molar-refractivity contribution in [2.45, 2.75) is 12.5 Å². The Morgan fingerprint density at radius 3 is 2.45 bits per heavy atom. The molecule has 1 aliphatic heterocycles. The van der Waals surface area contributed by atoms with Crippen LogP contribution in [0.25, 0.3) is 0 Å². The van der Waals surface area contributed by atoms with Gasteiger partial charge in [0.15, 0.2) is 0 Å². The molecule has 0 radical (unpaired) electrons. The zero-order valence-electron chi connectivity index (χ0n) is 19.9. The molecule has 0 bridgehead atoms. The average Bonchev–Trinajstić information content (AvgIpc) is 2.92. The van der Waals surface area contributed by atoms with Gasteiger partial charge < -0.3 is 19.9 Å². The topological polar surface area (TPSA) is 94.6 Å². The number of nitrogens with zero attached hydrogens (tertiary/aromatic N) is 1. The SMILES string of the molecule is N#CC1=C(N)Oc2cc(OC(=O)c3cccc(Cl)c3)ccc2C1c1ccc(OCc2ccc(F)cc2)cc1. The molecule has 4 aromatic carbocycles. The van der Waals surface area contributed by atoms with Gasteiger partial charge in [0.1, 0.15) is 41.3 Å². The molecule has 188 valence electrons. The Morgan fingerprint density at radius 2 is 1.74 bits per heavy atom. The molecule has 1 atom stereocenters. The van der Waals surface area contributed by atoms with Crippen molar-refractivity contribution in [3.8, 4) is 23.3 Å². The van der Waals surface area contributed by atoms with E-state index in [1.165, 1.54) is 18.2 Å². The Bertz CT molecular complexity index is 1580. The molecule has 4 aromatic rings. The predicted molar refractivity (Wildman–Crippen MR) is 139 cm³/mol. The van der Waals surface area contributed by atoms with E-state index < -0.39 is 11.9 Å². The van der Waals surface area contributed by atoms with Crippen LogP contribution in [0.3, 0.4) is 0 Å².